The number of benzene rings is 1. The summed E-state index contributed by atoms with van der Waals surface area (Å²) < 4.78 is 5.67. The average Bonchev–Trinajstić information content (AvgIpc) is 3.26. The first-order chi connectivity index (χ1) is 15.5. The second-order valence-corrected chi connectivity index (χ2v) is 8.84. The summed E-state index contributed by atoms with van der Waals surface area (Å²) in [7, 11) is 0. The van der Waals surface area contributed by atoms with Crippen LogP contribution in [-0.4, -0.2) is 59.6 Å². The third-order valence-corrected chi connectivity index (χ3v) is 6.21. The fourth-order valence-corrected chi connectivity index (χ4v) is 4.39. The Hall–Kier alpha value is -2.67. The quantitative estimate of drug-likeness (QED) is 0.520. The molecule has 4 atom stereocenters. The van der Waals surface area contributed by atoms with E-state index in [2.05, 4.69) is 5.32 Å². The van der Waals surface area contributed by atoms with E-state index in [1.165, 1.54) is 0 Å². The molecule has 1 fully saturated rings. The van der Waals surface area contributed by atoms with Crippen LogP contribution in [0.15, 0.2) is 42.5 Å². The molecule has 0 aliphatic carbocycles. The highest BCUT2D eigenvalue weighted by molar-refractivity contribution is 5.86. The van der Waals surface area contributed by atoms with Crippen molar-refractivity contribution in [1.82, 2.24) is 10.2 Å². The third kappa shape index (κ3) is 6.66. The molecule has 2 amide bonds. The van der Waals surface area contributed by atoms with E-state index in [4.69, 9.17) is 4.74 Å². The van der Waals surface area contributed by atoms with Crippen molar-refractivity contribution in [1.29, 1.82) is 0 Å². The Balaban J connectivity index is 1.74. The number of nitrogens with zero attached hydrogens (tertiary/aromatic N) is 1. The fourth-order valence-electron chi connectivity index (χ4n) is 4.39. The summed E-state index contributed by atoms with van der Waals surface area (Å²) in [5.41, 5.74) is 1.08. The van der Waals surface area contributed by atoms with E-state index in [1.54, 1.807) is 11.8 Å². The number of carbonyl (C=O) groups is 3. The number of cyclic esters (lactones) is 1. The van der Waals surface area contributed by atoms with Gasteiger partial charge < -0.3 is 20.1 Å². The molecule has 2 aliphatic heterocycles. The second-order valence-electron chi connectivity index (χ2n) is 8.84. The molecule has 0 saturated carbocycles. The van der Waals surface area contributed by atoms with Gasteiger partial charge in [0.1, 0.15) is 6.61 Å². The van der Waals surface area contributed by atoms with Crippen molar-refractivity contribution >= 4 is 17.8 Å². The lowest BCUT2D eigenvalue weighted by atomic mass is 9.94. The number of aliphatic hydroxyl groups excluding tert-OH is 1. The van der Waals surface area contributed by atoms with Crippen LogP contribution in [0, 0.1) is 11.8 Å². The fraction of sp³-hybridized carbons (Fsp3) is 0.560. The Kier molecular flexibility index (Phi) is 8.85. The number of fused-ring (bicyclic) bond motifs is 1. The lowest BCUT2D eigenvalue weighted by Crippen LogP contribution is -2.44. The van der Waals surface area contributed by atoms with Gasteiger partial charge in [0.25, 0.3) is 0 Å². The van der Waals surface area contributed by atoms with Crippen molar-refractivity contribution in [2.75, 3.05) is 19.8 Å². The molecule has 2 aliphatic rings. The van der Waals surface area contributed by atoms with Crippen LogP contribution < -0.4 is 5.32 Å². The van der Waals surface area contributed by atoms with Crippen LogP contribution in [0.3, 0.4) is 0 Å². The van der Waals surface area contributed by atoms with Crippen LogP contribution in [0.2, 0.25) is 0 Å². The number of aliphatic hydroxyl groups is 1. The zero-order valence-electron chi connectivity index (χ0n) is 18.7. The average molecular weight is 443 g/mol. The number of carbonyl (C=O) groups excluding carboxylic acids is 3. The largest absolute Gasteiger partial charge is 0.463 e. The minimum Gasteiger partial charge on any atom is -0.463 e. The molecule has 0 bridgehead atoms. The maximum absolute atomic E-state index is 13.2. The van der Waals surface area contributed by atoms with Gasteiger partial charge in [-0.2, -0.15) is 0 Å². The first-order valence-electron chi connectivity index (χ1n) is 11.5. The van der Waals surface area contributed by atoms with E-state index in [1.807, 2.05) is 42.5 Å². The summed E-state index contributed by atoms with van der Waals surface area (Å²) in [6.07, 6.45) is 7.12. The molecule has 32 heavy (non-hydrogen) atoms. The summed E-state index contributed by atoms with van der Waals surface area (Å²) >= 11 is 0. The highest BCUT2D eigenvalue weighted by atomic mass is 16.5. The maximum Gasteiger partial charge on any atom is 0.309 e. The van der Waals surface area contributed by atoms with Crippen molar-refractivity contribution in [3.63, 3.8) is 0 Å². The Morgan fingerprint density at radius 2 is 1.91 bits per heavy atom. The number of rotatable bonds is 6. The van der Waals surface area contributed by atoms with Crippen molar-refractivity contribution in [3.8, 4) is 0 Å². The van der Waals surface area contributed by atoms with E-state index in [0.717, 1.165) is 18.4 Å². The van der Waals surface area contributed by atoms with Gasteiger partial charge in [0.2, 0.25) is 11.8 Å². The standard InChI is InChI=1S/C25H34N2O5/c1-18(16-28)26-23(29)15-20-10-5-6-11-21(14-19-8-3-2-4-9-19)25(31)32-17-22-12-7-13-27(22)24(20)30/h2-6,8-9,18,20-22,28H,7,10-17H2,1H3,(H,26,29)/t18-,20-,21+,22+/m1/s1. The molecule has 1 aromatic carbocycles. The maximum atomic E-state index is 13.2. The van der Waals surface area contributed by atoms with Gasteiger partial charge in [-0.3, -0.25) is 14.4 Å². The lowest BCUT2D eigenvalue weighted by molar-refractivity contribution is -0.152. The first kappa shape index (κ1) is 24.0. The molecule has 174 valence electrons. The zero-order valence-corrected chi connectivity index (χ0v) is 18.7. The van der Waals surface area contributed by atoms with E-state index >= 15 is 0 Å². The van der Waals surface area contributed by atoms with Crippen molar-refractivity contribution in [3.05, 3.63) is 48.0 Å². The Morgan fingerprint density at radius 1 is 1.19 bits per heavy atom. The van der Waals surface area contributed by atoms with Gasteiger partial charge in [0.05, 0.1) is 24.5 Å². The molecular formula is C25H34N2O5. The summed E-state index contributed by atoms with van der Waals surface area (Å²) in [4.78, 5) is 40.2. The number of amides is 2. The summed E-state index contributed by atoms with van der Waals surface area (Å²) in [5, 5.41) is 11.9. The van der Waals surface area contributed by atoms with Gasteiger partial charge in [-0.15, -0.1) is 0 Å². The third-order valence-electron chi connectivity index (χ3n) is 6.21. The van der Waals surface area contributed by atoms with E-state index in [-0.39, 0.29) is 55.4 Å². The van der Waals surface area contributed by atoms with Gasteiger partial charge in [-0.1, -0.05) is 42.5 Å². The number of allylic oxidation sites excluding steroid dienone is 2. The van der Waals surface area contributed by atoms with Crippen molar-refractivity contribution in [2.45, 2.75) is 57.5 Å². The summed E-state index contributed by atoms with van der Waals surface area (Å²) in [6, 6.07) is 9.39. The molecule has 0 unspecified atom stereocenters. The van der Waals surface area contributed by atoms with Crippen molar-refractivity contribution < 1.29 is 24.2 Å². The Bertz CT molecular complexity index is 810. The molecule has 1 aromatic rings. The summed E-state index contributed by atoms with van der Waals surface area (Å²) in [6.45, 7) is 2.38. The molecule has 7 nitrogen and oxygen atoms in total. The topological polar surface area (TPSA) is 95.9 Å². The minimum absolute atomic E-state index is 0.0681. The summed E-state index contributed by atoms with van der Waals surface area (Å²) in [5.74, 6) is -1.30. The first-order valence-corrected chi connectivity index (χ1v) is 11.5. The number of hydrogen-bond donors (Lipinski definition) is 2. The van der Waals surface area contributed by atoms with Crippen LogP contribution in [0.1, 0.15) is 44.6 Å². The Morgan fingerprint density at radius 3 is 2.62 bits per heavy atom. The van der Waals surface area contributed by atoms with Crippen LogP contribution in [0.25, 0.3) is 0 Å². The molecule has 0 radical (unpaired) electrons. The normalized spacial score (nSPS) is 25.3. The highest BCUT2D eigenvalue weighted by Crippen LogP contribution is 2.25. The lowest BCUT2D eigenvalue weighted by Gasteiger charge is -2.29. The monoisotopic (exact) mass is 442 g/mol. The molecule has 7 heteroatoms. The van der Waals surface area contributed by atoms with Gasteiger partial charge in [-0.25, -0.2) is 0 Å². The predicted octanol–water partition coefficient (Wildman–Crippen LogP) is 2.23. The molecule has 3 rings (SSSR count). The van der Waals surface area contributed by atoms with Gasteiger partial charge >= 0.3 is 5.97 Å². The van der Waals surface area contributed by atoms with Gasteiger partial charge in [0, 0.05) is 19.0 Å². The highest BCUT2D eigenvalue weighted by Gasteiger charge is 2.35. The van der Waals surface area contributed by atoms with Gasteiger partial charge in [-0.05, 0) is 44.6 Å². The molecule has 0 spiro atoms. The number of nitrogens with one attached hydrogen (secondary N) is 1. The minimum atomic E-state index is -0.472. The smallest absolute Gasteiger partial charge is 0.309 e. The molecule has 2 N–H and O–H groups in total. The number of hydrogen-bond acceptors (Lipinski definition) is 5. The SMILES string of the molecule is C[C@H](CO)NC(=O)C[C@H]1CC=CC[C@@H](Cc2ccccc2)C(=O)OC[C@@H]2CCCN2C1=O. The molecule has 1 saturated heterocycles. The molecular weight excluding hydrogens is 408 g/mol. The zero-order chi connectivity index (χ0) is 22.9. The predicted molar refractivity (Wildman–Crippen MR) is 121 cm³/mol. The molecule has 0 aromatic heterocycles. The van der Waals surface area contributed by atoms with Crippen LogP contribution in [-0.2, 0) is 25.5 Å². The van der Waals surface area contributed by atoms with E-state index in [0.29, 0.717) is 25.8 Å². The van der Waals surface area contributed by atoms with Gasteiger partial charge in [0.15, 0.2) is 0 Å². The van der Waals surface area contributed by atoms with E-state index < -0.39 is 5.92 Å². The van der Waals surface area contributed by atoms with Crippen LogP contribution in [0.4, 0.5) is 0 Å². The molecule has 2 heterocycles. The van der Waals surface area contributed by atoms with Crippen molar-refractivity contribution in [2.24, 2.45) is 11.8 Å². The second kappa shape index (κ2) is 11.8. The number of ether oxygens (including phenoxy) is 1. The number of esters is 1. The van der Waals surface area contributed by atoms with Crippen LogP contribution in [0.5, 0.6) is 0 Å². The van der Waals surface area contributed by atoms with Crippen LogP contribution >= 0.6 is 0 Å². The van der Waals surface area contributed by atoms with E-state index in [9.17, 15) is 19.5 Å². The Labute approximate surface area is 189 Å².